The molecule has 1 aromatic rings. The Morgan fingerprint density at radius 3 is 2.85 bits per heavy atom. The highest BCUT2D eigenvalue weighted by Crippen LogP contribution is 2.44. The van der Waals surface area contributed by atoms with Crippen molar-refractivity contribution in [1.82, 2.24) is 9.78 Å². The number of aromatic nitrogens is 2. The van der Waals surface area contributed by atoms with Crippen molar-refractivity contribution in [2.24, 2.45) is 23.0 Å². The Hall–Kier alpha value is -1.36. The highest BCUT2D eigenvalue weighted by Gasteiger charge is 2.44. The minimum Gasteiger partial charge on any atom is -0.327 e. The van der Waals surface area contributed by atoms with E-state index >= 15 is 0 Å². The van der Waals surface area contributed by atoms with Gasteiger partial charge in [-0.3, -0.25) is 9.48 Å². The summed E-state index contributed by atoms with van der Waals surface area (Å²) in [5.41, 5.74) is 6.84. The van der Waals surface area contributed by atoms with Crippen LogP contribution < -0.4 is 11.1 Å². The van der Waals surface area contributed by atoms with Crippen LogP contribution in [0, 0.1) is 17.3 Å². The van der Waals surface area contributed by atoms with E-state index in [1.165, 1.54) is 0 Å². The molecule has 0 bridgehead atoms. The molecule has 20 heavy (non-hydrogen) atoms. The molecular formula is C15H26N4O. The Morgan fingerprint density at radius 1 is 1.55 bits per heavy atom. The van der Waals surface area contributed by atoms with Crippen molar-refractivity contribution >= 4 is 11.6 Å². The van der Waals surface area contributed by atoms with Crippen molar-refractivity contribution in [3.63, 3.8) is 0 Å². The van der Waals surface area contributed by atoms with Crippen molar-refractivity contribution in [3.8, 4) is 0 Å². The minimum atomic E-state index is -0.0809. The van der Waals surface area contributed by atoms with Crippen LogP contribution in [0.1, 0.15) is 40.5 Å². The Bertz CT molecular complexity index is 480. The van der Waals surface area contributed by atoms with Crippen LogP contribution in [0.2, 0.25) is 0 Å². The van der Waals surface area contributed by atoms with E-state index in [1.54, 1.807) is 10.9 Å². The molecule has 1 saturated carbocycles. The van der Waals surface area contributed by atoms with Gasteiger partial charge in [-0.2, -0.15) is 5.10 Å². The molecule has 0 saturated heterocycles. The zero-order chi connectivity index (χ0) is 14.9. The summed E-state index contributed by atoms with van der Waals surface area (Å²) in [6, 6.07) is 0.192. The molecule has 2 rings (SSSR count). The van der Waals surface area contributed by atoms with Gasteiger partial charge in [-0.25, -0.2) is 0 Å². The second-order valence-electron chi connectivity index (χ2n) is 6.48. The van der Waals surface area contributed by atoms with Crippen molar-refractivity contribution in [1.29, 1.82) is 0 Å². The second-order valence-corrected chi connectivity index (χ2v) is 6.48. The summed E-state index contributed by atoms with van der Waals surface area (Å²) in [5, 5.41) is 7.17. The molecule has 3 atom stereocenters. The average Bonchev–Trinajstić information content (AvgIpc) is 2.83. The van der Waals surface area contributed by atoms with Gasteiger partial charge in [-0.15, -0.1) is 0 Å². The highest BCUT2D eigenvalue weighted by molar-refractivity contribution is 5.92. The van der Waals surface area contributed by atoms with Gasteiger partial charge in [0.25, 0.3) is 0 Å². The van der Waals surface area contributed by atoms with E-state index in [4.69, 9.17) is 5.73 Å². The third-order valence-corrected chi connectivity index (χ3v) is 5.04. The van der Waals surface area contributed by atoms with Gasteiger partial charge in [-0.1, -0.05) is 20.8 Å². The van der Waals surface area contributed by atoms with Crippen LogP contribution in [0.25, 0.3) is 0 Å². The van der Waals surface area contributed by atoms with Gasteiger partial charge in [0.05, 0.1) is 11.9 Å². The molecule has 0 spiro atoms. The number of nitrogens with two attached hydrogens (primary N) is 1. The van der Waals surface area contributed by atoms with Crippen LogP contribution >= 0.6 is 0 Å². The smallest absolute Gasteiger partial charge is 0.228 e. The van der Waals surface area contributed by atoms with Crippen molar-refractivity contribution in [2.45, 2.75) is 53.1 Å². The van der Waals surface area contributed by atoms with E-state index < -0.39 is 0 Å². The van der Waals surface area contributed by atoms with Crippen LogP contribution in [0.5, 0.6) is 0 Å². The normalized spacial score (nSPS) is 29.1. The Balaban J connectivity index is 2.08. The molecule has 1 aromatic heterocycles. The van der Waals surface area contributed by atoms with Crippen LogP contribution in [-0.4, -0.2) is 21.7 Å². The first kappa shape index (κ1) is 15.0. The molecule has 1 amide bonds. The average molecular weight is 278 g/mol. The van der Waals surface area contributed by atoms with Crippen molar-refractivity contribution in [3.05, 3.63) is 12.4 Å². The van der Waals surface area contributed by atoms with Gasteiger partial charge >= 0.3 is 0 Å². The number of nitrogens with zero attached hydrogens (tertiary/aromatic N) is 2. The number of hydrogen-bond acceptors (Lipinski definition) is 3. The van der Waals surface area contributed by atoms with E-state index in [0.717, 1.165) is 25.1 Å². The van der Waals surface area contributed by atoms with E-state index in [1.807, 2.05) is 13.1 Å². The van der Waals surface area contributed by atoms with Gasteiger partial charge in [0.1, 0.15) is 0 Å². The summed E-state index contributed by atoms with van der Waals surface area (Å²) in [5.74, 6) is 0.428. The number of rotatable bonds is 3. The lowest BCUT2D eigenvalue weighted by molar-refractivity contribution is -0.127. The lowest BCUT2D eigenvalue weighted by atomic mass is 9.61. The first-order chi connectivity index (χ1) is 9.36. The Morgan fingerprint density at radius 2 is 2.25 bits per heavy atom. The third kappa shape index (κ3) is 2.73. The maximum Gasteiger partial charge on any atom is 0.228 e. The van der Waals surface area contributed by atoms with Gasteiger partial charge in [0, 0.05) is 24.7 Å². The third-order valence-electron chi connectivity index (χ3n) is 5.04. The second kappa shape index (κ2) is 5.56. The molecule has 3 unspecified atom stereocenters. The summed E-state index contributed by atoms with van der Waals surface area (Å²) in [6.45, 7) is 9.27. The number of carbonyl (C=O) groups excluding carboxylic acids is 1. The minimum absolute atomic E-state index is 0.00211. The van der Waals surface area contributed by atoms with Gasteiger partial charge in [0.15, 0.2) is 0 Å². The standard InChI is InChI=1S/C15H26N4O/c1-5-19-9-11(8-17-19)18-14(20)12-6-7-13(16)10(2)15(12,3)4/h8-10,12-13H,5-7,16H2,1-4H3,(H,18,20). The van der Waals surface area contributed by atoms with Gasteiger partial charge in [0.2, 0.25) is 5.91 Å². The quantitative estimate of drug-likeness (QED) is 0.890. The number of hydrogen-bond donors (Lipinski definition) is 2. The predicted molar refractivity (Wildman–Crippen MR) is 80.2 cm³/mol. The molecule has 1 heterocycles. The number of nitrogens with one attached hydrogen (secondary N) is 1. The molecule has 112 valence electrons. The Labute approximate surface area is 120 Å². The van der Waals surface area contributed by atoms with E-state index in [9.17, 15) is 4.79 Å². The monoisotopic (exact) mass is 278 g/mol. The van der Waals surface area contributed by atoms with Crippen molar-refractivity contribution < 1.29 is 4.79 Å². The van der Waals surface area contributed by atoms with E-state index in [0.29, 0.717) is 5.92 Å². The first-order valence-corrected chi connectivity index (χ1v) is 7.45. The number of amides is 1. The predicted octanol–water partition coefficient (Wildman–Crippen LogP) is 2.24. The summed E-state index contributed by atoms with van der Waals surface area (Å²) in [6.07, 6.45) is 5.33. The van der Waals surface area contributed by atoms with Crippen LogP contribution in [-0.2, 0) is 11.3 Å². The zero-order valence-corrected chi connectivity index (χ0v) is 12.9. The number of aryl methyl sites for hydroxylation is 1. The fraction of sp³-hybridized carbons (Fsp3) is 0.733. The molecular weight excluding hydrogens is 252 g/mol. The summed E-state index contributed by atoms with van der Waals surface area (Å²) < 4.78 is 1.81. The molecule has 1 aliphatic rings. The maximum absolute atomic E-state index is 12.5. The number of anilines is 1. The largest absolute Gasteiger partial charge is 0.327 e. The molecule has 1 fully saturated rings. The van der Waals surface area contributed by atoms with E-state index in [2.05, 4.69) is 31.2 Å². The molecule has 1 aliphatic carbocycles. The zero-order valence-electron chi connectivity index (χ0n) is 12.9. The fourth-order valence-electron chi connectivity index (χ4n) is 3.15. The fourth-order valence-corrected chi connectivity index (χ4v) is 3.15. The van der Waals surface area contributed by atoms with Gasteiger partial charge < -0.3 is 11.1 Å². The van der Waals surface area contributed by atoms with Crippen LogP contribution in [0.15, 0.2) is 12.4 Å². The molecule has 5 heteroatoms. The SMILES string of the molecule is CCn1cc(NC(=O)C2CCC(N)C(C)C2(C)C)cn1. The summed E-state index contributed by atoms with van der Waals surface area (Å²) >= 11 is 0. The lowest BCUT2D eigenvalue weighted by Gasteiger charge is -2.45. The highest BCUT2D eigenvalue weighted by atomic mass is 16.1. The maximum atomic E-state index is 12.5. The summed E-state index contributed by atoms with van der Waals surface area (Å²) in [7, 11) is 0. The van der Waals surface area contributed by atoms with E-state index in [-0.39, 0.29) is 23.3 Å². The first-order valence-electron chi connectivity index (χ1n) is 7.45. The molecule has 3 N–H and O–H groups in total. The lowest BCUT2D eigenvalue weighted by Crippen LogP contribution is -2.50. The molecule has 0 aromatic carbocycles. The van der Waals surface area contributed by atoms with Gasteiger partial charge in [-0.05, 0) is 31.1 Å². The van der Waals surface area contributed by atoms with Crippen molar-refractivity contribution in [2.75, 3.05) is 5.32 Å². The molecule has 0 aliphatic heterocycles. The summed E-state index contributed by atoms with van der Waals surface area (Å²) in [4.78, 5) is 12.5. The van der Waals surface area contributed by atoms with Crippen LogP contribution in [0.4, 0.5) is 5.69 Å². The Kier molecular flexibility index (Phi) is 4.18. The van der Waals surface area contributed by atoms with Crippen LogP contribution in [0.3, 0.4) is 0 Å². The molecule has 0 radical (unpaired) electrons. The topological polar surface area (TPSA) is 72.9 Å². The number of carbonyl (C=O) groups is 1. The molecule has 5 nitrogen and oxygen atoms in total.